The number of anilines is 2. The number of rotatable bonds is 9. The maximum Gasteiger partial charge on any atom is 0.232 e. The van der Waals surface area contributed by atoms with E-state index in [2.05, 4.69) is 36.0 Å². The van der Waals surface area contributed by atoms with Crippen LogP contribution in [0.5, 0.6) is 0 Å². The first kappa shape index (κ1) is 24.6. The Hall–Kier alpha value is -4.05. The summed E-state index contributed by atoms with van der Waals surface area (Å²) in [5.74, 6) is 0.998. The van der Waals surface area contributed by atoms with Crippen molar-refractivity contribution in [3.8, 4) is 0 Å². The second-order valence-corrected chi connectivity index (χ2v) is 10.2. The lowest BCUT2D eigenvalue weighted by atomic mass is 10.00. The molecule has 3 heterocycles. The van der Waals surface area contributed by atoms with Gasteiger partial charge in [0.2, 0.25) is 16.9 Å². The summed E-state index contributed by atoms with van der Waals surface area (Å²) in [7, 11) is 0. The van der Waals surface area contributed by atoms with Crippen molar-refractivity contribution in [2.24, 2.45) is 5.92 Å². The number of carbonyl (C=O) groups excluding carboxylic acids is 2. The molecular formula is C27H27N7O2S. The Morgan fingerprint density at radius 3 is 2.43 bits per heavy atom. The predicted octanol–water partition coefficient (Wildman–Crippen LogP) is 4.21. The maximum absolute atomic E-state index is 12.3. The summed E-state index contributed by atoms with van der Waals surface area (Å²) in [4.78, 5) is 28.7. The van der Waals surface area contributed by atoms with Crippen molar-refractivity contribution < 1.29 is 9.59 Å². The third kappa shape index (κ3) is 7.01. The molecule has 1 saturated carbocycles. The molecule has 37 heavy (non-hydrogen) atoms. The van der Waals surface area contributed by atoms with Crippen molar-refractivity contribution in [3.63, 3.8) is 0 Å². The quantitative estimate of drug-likeness (QED) is 0.344. The fraction of sp³-hybridized carbons (Fsp3) is 0.296. The Kier molecular flexibility index (Phi) is 7.85. The van der Waals surface area contributed by atoms with Gasteiger partial charge in [0, 0.05) is 17.8 Å². The first-order valence-electron chi connectivity index (χ1n) is 12.3. The molecule has 188 valence electrons. The van der Waals surface area contributed by atoms with Crippen LogP contribution in [0.25, 0.3) is 0 Å². The van der Waals surface area contributed by atoms with Crippen LogP contribution in [0.2, 0.25) is 0 Å². The van der Waals surface area contributed by atoms with Gasteiger partial charge >= 0.3 is 0 Å². The molecule has 5 rings (SSSR count). The molecule has 0 unspecified atom stereocenters. The first-order chi connectivity index (χ1) is 18.1. The van der Waals surface area contributed by atoms with E-state index in [1.165, 1.54) is 11.3 Å². The number of carbonyl (C=O) groups is 2. The van der Waals surface area contributed by atoms with Gasteiger partial charge in [-0.2, -0.15) is 5.10 Å². The van der Waals surface area contributed by atoms with Crippen LogP contribution in [-0.4, -0.2) is 37.2 Å². The Labute approximate surface area is 218 Å². The lowest BCUT2D eigenvalue weighted by Crippen LogP contribution is -2.16. The van der Waals surface area contributed by atoms with E-state index in [0.29, 0.717) is 34.9 Å². The van der Waals surface area contributed by atoms with E-state index in [1.54, 1.807) is 6.20 Å². The summed E-state index contributed by atoms with van der Waals surface area (Å²) < 4.78 is 0. The molecule has 1 fully saturated rings. The number of pyridine rings is 1. The molecule has 1 aliphatic rings. The fourth-order valence-corrected chi connectivity index (χ4v) is 5.47. The van der Waals surface area contributed by atoms with Crippen molar-refractivity contribution in [1.82, 2.24) is 25.4 Å². The number of hydrogen-bond donors (Lipinski definition) is 2. The van der Waals surface area contributed by atoms with Crippen molar-refractivity contribution in [3.05, 3.63) is 88.8 Å². The fourth-order valence-electron chi connectivity index (χ4n) is 4.56. The highest BCUT2D eigenvalue weighted by Gasteiger charge is 2.29. The van der Waals surface area contributed by atoms with Crippen LogP contribution in [0.3, 0.4) is 0 Å². The van der Waals surface area contributed by atoms with E-state index in [0.717, 1.165) is 41.9 Å². The van der Waals surface area contributed by atoms with Crippen molar-refractivity contribution in [2.75, 3.05) is 10.6 Å². The molecule has 3 aromatic heterocycles. The Balaban J connectivity index is 1.08. The van der Waals surface area contributed by atoms with Gasteiger partial charge in [-0.1, -0.05) is 47.7 Å². The normalized spacial score (nSPS) is 16.9. The van der Waals surface area contributed by atoms with Gasteiger partial charge in [-0.05, 0) is 61.4 Å². The van der Waals surface area contributed by atoms with Gasteiger partial charge in [0.05, 0.1) is 18.5 Å². The summed E-state index contributed by atoms with van der Waals surface area (Å²) in [6.45, 7) is 0. The molecule has 0 aliphatic heterocycles. The lowest BCUT2D eigenvalue weighted by molar-refractivity contribution is -0.116. The molecule has 10 heteroatoms. The second-order valence-electron chi connectivity index (χ2n) is 9.19. The molecule has 1 aliphatic carbocycles. The molecule has 0 bridgehead atoms. The van der Waals surface area contributed by atoms with Crippen molar-refractivity contribution in [2.45, 2.75) is 44.4 Å². The minimum Gasteiger partial charge on any atom is -0.309 e. The van der Waals surface area contributed by atoms with Gasteiger partial charge in [0.1, 0.15) is 5.01 Å². The number of hydrogen-bond acceptors (Lipinski definition) is 8. The maximum atomic E-state index is 12.3. The van der Waals surface area contributed by atoms with Crippen molar-refractivity contribution in [1.29, 1.82) is 0 Å². The van der Waals surface area contributed by atoms with E-state index in [1.807, 2.05) is 60.7 Å². The smallest absolute Gasteiger partial charge is 0.232 e. The molecular weight excluding hydrogens is 486 g/mol. The molecule has 2 atom stereocenters. The largest absolute Gasteiger partial charge is 0.309 e. The average molecular weight is 514 g/mol. The number of aromatic nitrogens is 5. The van der Waals surface area contributed by atoms with Gasteiger partial charge < -0.3 is 10.6 Å². The van der Waals surface area contributed by atoms with Crippen LogP contribution in [0.4, 0.5) is 10.9 Å². The topological polar surface area (TPSA) is 123 Å². The lowest BCUT2D eigenvalue weighted by Gasteiger charge is -2.09. The van der Waals surface area contributed by atoms with Gasteiger partial charge in [-0.25, -0.2) is 0 Å². The molecule has 1 aromatic carbocycles. The third-order valence-electron chi connectivity index (χ3n) is 6.34. The zero-order valence-corrected chi connectivity index (χ0v) is 21.0. The third-order valence-corrected chi connectivity index (χ3v) is 7.34. The summed E-state index contributed by atoms with van der Waals surface area (Å²) >= 11 is 1.44. The predicted molar refractivity (Wildman–Crippen MR) is 141 cm³/mol. The molecule has 0 saturated heterocycles. The number of amides is 2. The highest BCUT2D eigenvalue weighted by molar-refractivity contribution is 7.15. The van der Waals surface area contributed by atoms with Gasteiger partial charge in [-0.15, -0.1) is 15.3 Å². The van der Waals surface area contributed by atoms with Crippen LogP contribution in [-0.2, 0) is 28.9 Å². The minimum atomic E-state index is -0.149. The van der Waals surface area contributed by atoms with E-state index in [9.17, 15) is 9.59 Å². The highest BCUT2D eigenvalue weighted by atomic mass is 32.1. The van der Waals surface area contributed by atoms with Gasteiger partial charge in [-0.3, -0.25) is 14.6 Å². The molecule has 0 spiro atoms. The van der Waals surface area contributed by atoms with E-state index >= 15 is 0 Å². The van der Waals surface area contributed by atoms with Crippen molar-refractivity contribution >= 4 is 34.1 Å². The molecule has 2 amide bonds. The monoisotopic (exact) mass is 513 g/mol. The van der Waals surface area contributed by atoms with Crippen LogP contribution in [0, 0.1) is 5.92 Å². The molecule has 0 radical (unpaired) electrons. The highest BCUT2D eigenvalue weighted by Crippen LogP contribution is 2.41. The molecule has 2 N–H and O–H groups in total. The Morgan fingerprint density at radius 2 is 1.65 bits per heavy atom. The number of nitrogens with zero attached hydrogens (tertiary/aromatic N) is 5. The zero-order valence-electron chi connectivity index (χ0n) is 20.2. The van der Waals surface area contributed by atoms with Gasteiger partial charge in [0.25, 0.3) is 0 Å². The molecule has 4 aromatic rings. The minimum absolute atomic E-state index is 0.115. The SMILES string of the molecule is O=C(Cc1ccccc1)Nc1ccc(C[C@H]2CC[C@@H](c3nnc(NC(=O)Cc4ccccn4)s3)C2)nn1. The van der Waals surface area contributed by atoms with Crippen LogP contribution in [0.1, 0.15) is 47.1 Å². The first-order valence-corrected chi connectivity index (χ1v) is 13.1. The van der Waals surface area contributed by atoms with Crippen LogP contribution >= 0.6 is 11.3 Å². The summed E-state index contributed by atoms with van der Waals surface area (Å²) in [6, 6.07) is 18.8. The number of benzene rings is 1. The average Bonchev–Trinajstić information content (AvgIpc) is 3.56. The number of nitrogens with one attached hydrogen (secondary N) is 2. The Bertz CT molecular complexity index is 1330. The van der Waals surface area contributed by atoms with Crippen LogP contribution in [0.15, 0.2) is 66.9 Å². The zero-order chi connectivity index (χ0) is 25.5. The molecule has 9 nitrogen and oxygen atoms in total. The van der Waals surface area contributed by atoms with E-state index < -0.39 is 0 Å². The Morgan fingerprint density at radius 1 is 0.811 bits per heavy atom. The van der Waals surface area contributed by atoms with E-state index in [4.69, 9.17) is 0 Å². The standard InChI is InChI=1S/C27H27N7O2S/c35-24(16-18-6-2-1-3-7-18)29-23-12-11-22(31-32-23)15-19-9-10-20(14-19)26-33-34-27(37-26)30-25(36)17-21-8-4-5-13-28-21/h1-8,11-13,19-20H,9-10,14-17H2,(H,29,32,35)(H,30,34,36)/t19-,20+/m0/s1. The summed E-state index contributed by atoms with van der Waals surface area (Å²) in [6.07, 6.45) is 6.10. The van der Waals surface area contributed by atoms with E-state index in [-0.39, 0.29) is 18.2 Å². The summed E-state index contributed by atoms with van der Waals surface area (Å²) in [5.41, 5.74) is 2.58. The van der Waals surface area contributed by atoms with Gasteiger partial charge in [0.15, 0.2) is 5.82 Å². The second kappa shape index (κ2) is 11.8. The summed E-state index contributed by atoms with van der Waals surface area (Å²) in [5, 5.41) is 24.2. The van der Waals surface area contributed by atoms with Crippen LogP contribution < -0.4 is 10.6 Å².